The third kappa shape index (κ3) is 3.73. The summed E-state index contributed by atoms with van der Waals surface area (Å²) in [6.45, 7) is 4.27. The maximum absolute atomic E-state index is 13.5. The third-order valence-corrected chi connectivity index (χ3v) is 5.63. The predicted molar refractivity (Wildman–Crippen MR) is 106 cm³/mol. The van der Waals surface area contributed by atoms with Gasteiger partial charge in [-0.25, -0.2) is 13.9 Å². The first-order chi connectivity index (χ1) is 13.5. The number of rotatable bonds is 6. The summed E-state index contributed by atoms with van der Waals surface area (Å²) < 4.78 is 15.2. The summed E-state index contributed by atoms with van der Waals surface area (Å²) in [6.07, 6.45) is 4.16. The molecule has 1 aromatic carbocycles. The number of aromatic nitrogens is 4. The van der Waals surface area contributed by atoms with E-state index < -0.39 is 0 Å². The normalized spacial score (nSPS) is 13.9. The van der Waals surface area contributed by atoms with E-state index in [0.29, 0.717) is 17.5 Å². The predicted octanol–water partition coefficient (Wildman–Crippen LogP) is 3.34. The second-order valence-electron chi connectivity index (χ2n) is 7.13. The van der Waals surface area contributed by atoms with Crippen molar-refractivity contribution in [3.05, 3.63) is 52.6 Å². The first-order valence-electron chi connectivity index (χ1n) is 9.27. The quantitative estimate of drug-likeness (QED) is 0.595. The number of benzene rings is 1. The lowest BCUT2D eigenvalue weighted by molar-refractivity contribution is -0.131. The van der Waals surface area contributed by atoms with E-state index in [1.807, 2.05) is 31.1 Å². The van der Waals surface area contributed by atoms with Crippen LogP contribution in [-0.4, -0.2) is 42.7 Å². The highest BCUT2D eigenvalue weighted by molar-refractivity contribution is 7.98. The van der Waals surface area contributed by atoms with Crippen molar-refractivity contribution in [2.45, 2.75) is 50.9 Å². The number of nitrogens with zero attached hydrogens (tertiary/aromatic N) is 5. The van der Waals surface area contributed by atoms with Crippen LogP contribution in [0.25, 0.3) is 5.78 Å². The molecule has 1 aliphatic carbocycles. The van der Waals surface area contributed by atoms with Crippen LogP contribution >= 0.6 is 11.8 Å². The van der Waals surface area contributed by atoms with Crippen LogP contribution in [0, 0.1) is 19.7 Å². The van der Waals surface area contributed by atoms with E-state index >= 15 is 0 Å². The molecule has 28 heavy (non-hydrogen) atoms. The number of aryl methyl sites for hydroxylation is 2. The molecule has 1 fully saturated rings. The van der Waals surface area contributed by atoms with Crippen LogP contribution in [0.1, 0.15) is 35.4 Å². The van der Waals surface area contributed by atoms with Crippen LogP contribution in [-0.2, 0) is 17.8 Å². The summed E-state index contributed by atoms with van der Waals surface area (Å²) in [7, 11) is 0. The largest absolute Gasteiger partial charge is 0.335 e. The zero-order valence-corrected chi connectivity index (χ0v) is 17.0. The number of hydrogen-bond acceptors (Lipinski definition) is 5. The Kier molecular flexibility index (Phi) is 5.05. The van der Waals surface area contributed by atoms with Gasteiger partial charge in [0.2, 0.25) is 11.1 Å². The van der Waals surface area contributed by atoms with Gasteiger partial charge in [-0.3, -0.25) is 4.79 Å². The highest BCUT2D eigenvalue weighted by Gasteiger charge is 2.33. The standard InChI is InChI=1S/C20H22FN5OS/c1-12-17(13(2)26-19(22-12)23-20(24-26)28-3)10-18(27)25(16-7-8-16)11-14-5-4-6-15(21)9-14/h4-6,9,16H,7-8,10-11H2,1-3H3. The first-order valence-corrected chi connectivity index (χ1v) is 10.5. The number of fused-ring (bicyclic) bond motifs is 1. The van der Waals surface area contributed by atoms with E-state index in [1.165, 1.54) is 23.9 Å². The third-order valence-electron chi connectivity index (χ3n) is 5.09. The summed E-state index contributed by atoms with van der Waals surface area (Å²) in [5, 5.41) is 5.11. The molecule has 0 spiro atoms. The Morgan fingerprint density at radius 3 is 2.79 bits per heavy atom. The summed E-state index contributed by atoms with van der Waals surface area (Å²) in [5.41, 5.74) is 3.35. The summed E-state index contributed by atoms with van der Waals surface area (Å²) in [4.78, 5) is 23.9. The average Bonchev–Trinajstić information content (AvgIpc) is 3.42. The van der Waals surface area contributed by atoms with E-state index in [2.05, 4.69) is 15.1 Å². The van der Waals surface area contributed by atoms with Gasteiger partial charge in [-0.05, 0) is 50.6 Å². The fraction of sp³-hybridized carbons (Fsp3) is 0.400. The van der Waals surface area contributed by atoms with Gasteiger partial charge in [0.05, 0.1) is 6.42 Å². The second-order valence-corrected chi connectivity index (χ2v) is 7.90. The van der Waals surface area contributed by atoms with E-state index in [9.17, 15) is 9.18 Å². The topological polar surface area (TPSA) is 63.4 Å². The lowest BCUT2D eigenvalue weighted by atomic mass is 10.1. The molecule has 0 radical (unpaired) electrons. The van der Waals surface area contributed by atoms with Gasteiger partial charge >= 0.3 is 0 Å². The molecule has 2 aromatic heterocycles. The maximum atomic E-state index is 13.5. The molecular weight excluding hydrogens is 377 g/mol. The van der Waals surface area contributed by atoms with E-state index in [-0.39, 0.29) is 24.2 Å². The van der Waals surface area contributed by atoms with E-state index in [0.717, 1.165) is 35.4 Å². The number of halogens is 1. The highest BCUT2D eigenvalue weighted by atomic mass is 32.2. The van der Waals surface area contributed by atoms with Crippen molar-refractivity contribution in [1.82, 2.24) is 24.5 Å². The number of hydrogen-bond donors (Lipinski definition) is 0. The van der Waals surface area contributed by atoms with E-state index in [1.54, 1.807) is 10.6 Å². The lowest BCUT2D eigenvalue weighted by Gasteiger charge is -2.23. The Balaban J connectivity index is 1.60. The van der Waals surface area contributed by atoms with Crippen molar-refractivity contribution in [2.75, 3.05) is 6.26 Å². The van der Waals surface area contributed by atoms with Crippen molar-refractivity contribution in [3.63, 3.8) is 0 Å². The van der Waals surface area contributed by atoms with Gasteiger partial charge in [0.1, 0.15) is 5.82 Å². The molecule has 2 heterocycles. The zero-order chi connectivity index (χ0) is 19.8. The first kappa shape index (κ1) is 18.9. The Hall–Kier alpha value is -2.48. The van der Waals surface area contributed by atoms with Gasteiger partial charge < -0.3 is 4.90 Å². The van der Waals surface area contributed by atoms with Gasteiger partial charge in [0.15, 0.2) is 0 Å². The Morgan fingerprint density at radius 1 is 1.32 bits per heavy atom. The fourth-order valence-corrected chi connectivity index (χ4v) is 3.76. The molecule has 4 rings (SSSR count). The Labute approximate surface area is 167 Å². The van der Waals surface area contributed by atoms with Crippen molar-refractivity contribution in [3.8, 4) is 0 Å². The summed E-state index contributed by atoms with van der Waals surface area (Å²) >= 11 is 1.46. The van der Waals surface area contributed by atoms with Gasteiger partial charge in [0, 0.05) is 29.5 Å². The molecule has 146 valence electrons. The minimum atomic E-state index is -0.280. The van der Waals surface area contributed by atoms with Gasteiger partial charge in [0.25, 0.3) is 5.78 Å². The van der Waals surface area contributed by atoms with Crippen molar-refractivity contribution in [2.24, 2.45) is 0 Å². The van der Waals surface area contributed by atoms with Crippen LogP contribution in [0.3, 0.4) is 0 Å². The molecule has 0 N–H and O–H groups in total. The molecule has 1 amide bonds. The van der Waals surface area contributed by atoms with Crippen molar-refractivity contribution < 1.29 is 9.18 Å². The molecule has 8 heteroatoms. The molecule has 1 saturated carbocycles. The van der Waals surface area contributed by atoms with Crippen LogP contribution in [0.2, 0.25) is 0 Å². The number of amides is 1. The summed E-state index contributed by atoms with van der Waals surface area (Å²) in [5.74, 6) is 0.302. The Morgan fingerprint density at radius 2 is 2.11 bits per heavy atom. The maximum Gasteiger partial charge on any atom is 0.253 e. The van der Waals surface area contributed by atoms with Gasteiger partial charge in [-0.15, -0.1) is 5.10 Å². The van der Waals surface area contributed by atoms with Crippen molar-refractivity contribution in [1.29, 1.82) is 0 Å². The lowest BCUT2D eigenvalue weighted by Crippen LogP contribution is -2.34. The molecule has 0 aliphatic heterocycles. The molecule has 3 aromatic rings. The molecule has 0 bridgehead atoms. The highest BCUT2D eigenvalue weighted by Crippen LogP contribution is 2.29. The molecule has 6 nitrogen and oxygen atoms in total. The summed E-state index contributed by atoms with van der Waals surface area (Å²) in [6, 6.07) is 6.69. The zero-order valence-electron chi connectivity index (χ0n) is 16.1. The fourth-order valence-electron chi connectivity index (χ4n) is 3.42. The smallest absolute Gasteiger partial charge is 0.253 e. The minimum absolute atomic E-state index is 0.0318. The number of thioether (sulfide) groups is 1. The van der Waals surface area contributed by atoms with Crippen molar-refractivity contribution >= 4 is 23.4 Å². The average molecular weight is 399 g/mol. The van der Waals surface area contributed by atoms with Gasteiger partial charge in [-0.2, -0.15) is 4.98 Å². The molecule has 0 atom stereocenters. The van der Waals surface area contributed by atoms with Gasteiger partial charge in [-0.1, -0.05) is 23.9 Å². The number of carbonyl (C=O) groups excluding carboxylic acids is 1. The van der Waals surface area contributed by atoms with Crippen LogP contribution in [0.5, 0.6) is 0 Å². The SMILES string of the molecule is CSc1nc2nc(C)c(CC(=O)N(Cc3cccc(F)c3)C3CC3)c(C)n2n1. The molecule has 0 saturated heterocycles. The number of carbonyl (C=O) groups is 1. The Bertz CT molecular complexity index is 1050. The van der Waals surface area contributed by atoms with E-state index in [4.69, 9.17) is 0 Å². The molecular formula is C20H22FN5OS. The molecule has 0 unspecified atom stereocenters. The monoisotopic (exact) mass is 399 g/mol. The minimum Gasteiger partial charge on any atom is -0.335 e. The van der Waals surface area contributed by atoms with Crippen LogP contribution in [0.4, 0.5) is 4.39 Å². The van der Waals surface area contributed by atoms with Crippen LogP contribution in [0.15, 0.2) is 29.4 Å². The van der Waals surface area contributed by atoms with Crippen LogP contribution < -0.4 is 0 Å². The molecule has 1 aliphatic rings. The second kappa shape index (κ2) is 7.50.